The van der Waals surface area contributed by atoms with Crippen molar-refractivity contribution < 1.29 is 22.4 Å². The minimum Gasteiger partial charge on any atom is -0.325 e. The molecule has 2 aliphatic heterocycles. The van der Waals surface area contributed by atoms with Crippen LogP contribution >= 0.6 is 0 Å². The highest BCUT2D eigenvalue weighted by Crippen LogP contribution is 2.32. The Balaban J connectivity index is 1.52. The number of carbonyl (C=O) groups excluding carboxylic acids is 2. The van der Waals surface area contributed by atoms with Crippen LogP contribution in [-0.4, -0.2) is 44.2 Å². The fourth-order valence-corrected chi connectivity index (χ4v) is 5.64. The summed E-state index contributed by atoms with van der Waals surface area (Å²) in [5.74, 6) is -0.511. The van der Waals surface area contributed by atoms with E-state index in [4.69, 9.17) is 0 Å². The van der Waals surface area contributed by atoms with Crippen LogP contribution in [0.2, 0.25) is 0 Å². The van der Waals surface area contributed by atoms with Crippen molar-refractivity contribution in [2.75, 3.05) is 29.9 Å². The van der Waals surface area contributed by atoms with E-state index >= 15 is 0 Å². The molecule has 0 bridgehead atoms. The zero-order valence-electron chi connectivity index (χ0n) is 17.9. The van der Waals surface area contributed by atoms with Gasteiger partial charge in [-0.15, -0.1) is 0 Å². The van der Waals surface area contributed by atoms with Crippen molar-refractivity contribution in [3.63, 3.8) is 0 Å². The first-order valence-electron chi connectivity index (χ1n) is 10.7. The lowest BCUT2D eigenvalue weighted by molar-refractivity contribution is -0.121. The van der Waals surface area contributed by atoms with E-state index < -0.39 is 21.7 Å². The van der Waals surface area contributed by atoms with E-state index in [0.29, 0.717) is 36.8 Å². The third-order valence-electron chi connectivity index (χ3n) is 6.06. The van der Waals surface area contributed by atoms with E-state index in [2.05, 4.69) is 12.2 Å². The van der Waals surface area contributed by atoms with Gasteiger partial charge in [0.05, 0.1) is 4.90 Å². The molecule has 0 spiro atoms. The van der Waals surface area contributed by atoms with Crippen LogP contribution in [0.5, 0.6) is 0 Å². The summed E-state index contributed by atoms with van der Waals surface area (Å²) in [6.07, 6.45) is 2.30. The number of sulfonamides is 1. The van der Waals surface area contributed by atoms with Crippen LogP contribution in [0.25, 0.3) is 0 Å². The summed E-state index contributed by atoms with van der Waals surface area (Å²) < 4.78 is 40.7. The van der Waals surface area contributed by atoms with Gasteiger partial charge in [0.25, 0.3) is 0 Å². The first-order chi connectivity index (χ1) is 15.2. The van der Waals surface area contributed by atoms with Crippen molar-refractivity contribution >= 4 is 33.2 Å². The fraction of sp³-hybridized carbons (Fsp3) is 0.391. The van der Waals surface area contributed by atoms with Gasteiger partial charge in [-0.25, -0.2) is 12.8 Å². The molecule has 0 aromatic heterocycles. The Kier molecular flexibility index (Phi) is 6.30. The summed E-state index contributed by atoms with van der Waals surface area (Å²) in [6.45, 7) is 2.93. The SMILES string of the molecule is CC1CCN(S(=O)(=O)c2ccc3c(c2)CCC(=O)N3CC(=O)Nc2ccc(F)cc2)CC1. The maximum absolute atomic E-state index is 13.1. The number of hydrogen-bond acceptors (Lipinski definition) is 4. The minimum atomic E-state index is -3.60. The number of anilines is 2. The van der Waals surface area contributed by atoms with Gasteiger partial charge in [-0.2, -0.15) is 4.31 Å². The zero-order chi connectivity index (χ0) is 22.9. The lowest BCUT2D eigenvalue weighted by atomic mass is 10.0. The number of rotatable bonds is 5. The van der Waals surface area contributed by atoms with Crippen LogP contribution in [0.1, 0.15) is 31.7 Å². The quantitative estimate of drug-likeness (QED) is 0.744. The predicted octanol–water partition coefficient (Wildman–Crippen LogP) is 3.16. The average molecular weight is 460 g/mol. The second kappa shape index (κ2) is 8.99. The molecule has 1 saturated heterocycles. The van der Waals surface area contributed by atoms with Gasteiger partial charge in [-0.05, 0) is 73.2 Å². The molecule has 0 radical (unpaired) electrons. The lowest BCUT2D eigenvalue weighted by Crippen LogP contribution is -2.41. The number of carbonyl (C=O) groups is 2. The summed E-state index contributed by atoms with van der Waals surface area (Å²) >= 11 is 0. The van der Waals surface area contributed by atoms with Crippen LogP contribution in [-0.2, 0) is 26.0 Å². The number of fused-ring (bicyclic) bond motifs is 1. The van der Waals surface area contributed by atoms with E-state index in [-0.39, 0.29) is 23.8 Å². The molecule has 2 aromatic carbocycles. The Morgan fingerprint density at radius 1 is 1.09 bits per heavy atom. The van der Waals surface area contributed by atoms with E-state index in [9.17, 15) is 22.4 Å². The normalized spacial score (nSPS) is 17.8. The average Bonchev–Trinajstić information content (AvgIpc) is 2.77. The van der Waals surface area contributed by atoms with Crippen LogP contribution < -0.4 is 10.2 Å². The molecule has 0 atom stereocenters. The third-order valence-corrected chi connectivity index (χ3v) is 7.96. The van der Waals surface area contributed by atoms with Crippen LogP contribution in [0.15, 0.2) is 47.4 Å². The smallest absolute Gasteiger partial charge is 0.244 e. The standard InChI is InChI=1S/C23H26FN3O4S/c1-16-10-12-26(13-11-16)32(30,31)20-7-8-21-17(14-20)2-9-23(29)27(21)15-22(28)25-19-5-3-18(24)4-6-19/h3-8,14,16H,2,9-13,15H2,1H3,(H,25,28). The Labute approximate surface area is 187 Å². The summed E-state index contributed by atoms with van der Waals surface area (Å²) in [7, 11) is -3.60. The predicted molar refractivity (Wildman–Crippen MR) is 119 cm³/mol. The van der Waals surface area contributed by atoms with E-state index in [1.165, 1.54) is 39.5 Å². The number of nitrogens with one attached hydrogen (secondary N) is 1. The number of benzene rings is 2. The van der Waals surface area contributed by atoms with Crippen molar-refractivity contribution in [2.45, 2.75) is 37.5 Å². The first-order valence-corrected chi connectivity index (χ1v) is 12.2. The van der Waals surface area contributed by atoms with E-state index in [1.807, 2.05) is 0 Å². The Morgan fingerprint density at radius 2 is 1.78 bits per heavy atom. The second-order valence-electron chi connectivity index (χ2n) is 8.41. The van der Waals surface area contributed by atoms with E-state index in [0.717, 1.165) is 18.4 Å². The molecule has 1 N–H and O–H groups in total. The number of halogens is 1. The number of piperidine rings is 1. The van der Waals surface area contributed by atoms with Crippen molar-refractivity contribution in [3.05, 3.63) is 53.8 Å². The molecule has 9 heteroatoms. The third kappa shape index (κ3) is 4.68. The molecular weight excluding hydrogens is 433 g/mol. The van der Waals surface area contributed by atoms with Crippen LogP contribution in [0.3, 0.4) is 0 Å². The number of aryl methyl sites for hydroxylation is 1. The molecule has 170 valence electrons. The Bertz CT molecular complexity index is 1130. The summed E-state index contributed by atoms with van der Waals surface area (Å²) in [5.41, 5.74) is 1.70. The van der Waals surface area contributed by atoms with Gasteiger partial charge in [0.15, 0.2) is 0 Å². The monoisotopic (exact) mass is 459 g/mol. The van der Waals surface area contributed by atoms with Gasteiger partial charge in [-0.3, -0.25) is 9.59 Å². The second-order valence-corrected chi connectivity index (χ2v) is 10.4. The molecule has 32 heavy (non-hydrogen) atoms. The highest BCUT2D eigenvalue weighted by molar-refractivity contribution is 7.89. The molecule has 0 saturated carbocycles. The molecule has 2 aliphatic rings. The Hall–Kier alpha value is -2.78. The topological polar surface area (TPSA) is 86.8 Å². The number of amides is 2. The summed E-state index contributed by atoms with van der Waals surface area (Å²) in [5, 5.41) is 2.65. The van der Waals surface area contributed by atoms with Crippen molar-refractivity contribution in [2.24, 2.45) is 5.92 Å². The van der Waals surface area contributed by atoms with Crippen LogP contribution in [0, 0.1) is 11.7 Å². The highest BCUT2D eigenvalue weighted by Gasteiger charge is 2.31. The van der Waals surface area contributed by atoms with Crippen molar-refractivity contribution in [1.82, 2.24) is 4.31 Å². The molecule has 0 unspecified atom stereocenters. The number of nitrogens with zero attached hydrogens (tertiary/aromatic N) is 2. The first kappa shape index (κ1) is 22.4. The lowest BCUT2D eigenvalue weighted by Gasteiger charge is -2.31. The summed E-state index contributed by atoms with van der Waals surface area (Å²) in [6, 6.07) is 10.1. The maximum Gasteiger partial charge on any atom is 0.244 e. The summed E-state index contributed by atoms with van der Waals surface area (Å²) in [4.78, 5) is 26.6. The molecule has 7 nitrogen and oxygen atoms in total. The largest absolute Gasteiger partial charge is 0.325 e. The molecule has 0 aliphatic carbocycles. The van der Waals surface area contributed by atoms with Crippen molar-refractivity contribution in [1.29, 1.82) is 0 Å². The molecule has 1 fully saturated rings. The van der Waals surface area contributed by atoms with E-state index in [1.54, 1.807) is 12.1 Å². The van der Waals surface area contributed by atoms with Crippen molar-refractivity contribution in [3.8, 4) is 0 Å². The molecule has 2 amide bonds. The molecule has 2 aromatic rings. The van der Waals surface area contributed by atoms with Gasteiger partial charge in [0, 0.05) is 30.9 Å². The molecular formula is C23H26FN3O4S. The highest BCUT2D eigenvalue weighted by atomic mass is 32.2. The van der Waals surface area contributed by atoms with Gasteiger partial charge in [0.2, 0.25) is 21.8 Å². The van der Waals surface area contributed by atoms with Crippen LogP contribution in [0.4, 0.5) is 15.8 Å². The minimum absolute atomic E-state index is 0.196. The Morgan fingerprint density at radius 3 is 2.47 bits per heavy atom. The maximum atomic E-state index is 13.1. The molecule has 4 rings (SSSR count). The fourth-order valence-electron chi connectivity index (χ4n) is 4.12. The van der Waals surface area contributed by atoms with Gasteiger partial charge in [-0.1, -0.05) is 6.92 Å². The number of hydrogen-bond donors (Lipinski definition) is 1. The zero-order valence-corrected chi connectivity index (χ0v) is 18.7. The van der Waals surface area contributed by atoms with Gasteiger partial charge >= 0.3 is 0 Å². The molecule has 2 heterocycles. The van der Waals surface area contributed by atoms with Gasteiger partial charge in [0.1, 0.15) is 12.4 Å². The van der Waals surface area contributed by atoms with Gasteiger partial charge < -0.3 is 10.2 Å².